The van der Waals surface area contributed by atoms with E-state index in [0.717, 1.165) is 50.9 Å². The number of carbonyl (C=O) groups excluding carboxylic acids is 3. The molecule has 8 N–H and O–H groups in total. The fourth-order valence-corrected chi connectivity index (χ4v) is 6.37. The molecule has 16 heteroatoms. The van der Waals surface area contributed by atoms with Crippen molar-refractivity contribution >= 4 is 40.9 Å². The highest BCUT2D eigenvalue weighted by atomic mass is 19.1. The van der Waals surface area contributed by atoms with Crippen LogP contribution in [0.5, 0.6) is 11.5 Å². The number of rotatable bonds is 11. The van der Waals surface area contributed by atoms with Gasteiger partial charge in [-0.3, -0.25) is 9.59 Å². The first-order chi connectivity index (χ1) is 26.5. The highest BCUT2D eigenvalue weighted by molar-refractivity contribution is 6.14. The third-order valence-electron chi connectivity index (χ3n) is 9.30. The van der Waals surface area contributed by atoms with Crippen molar-refractivity contribution in [3.63, 3.8) is 0 Å². The van der Waals surface area contributed by atoms with E-state index in [1.54, 1.807) is 29.2 Å². The van der Waals surface area contributed by atoms with Crippen molar-refractivity contribution in [3.05, 3.63) is 94.6 Å². The van der Waals surface area contributed by atoms with Gasteiger partial charge in [-0.05, 0) is 106 Å². The van der Waals surface area contributed by atoms with Crippen molar-refractivity contribution in [1.82, 2.24) is 25.5 Å². The molecule has 0 atom stereocenters. The number of urea groups is 1. The van der Waals surface area contributed by atoms with Crippen LogP contribution in [-0.2, 0) is 0 Å². The molecule has 2 aromatic carbocycles. The summed E-state index contributed by atoms with van der Waals surface area (Å²) in [5.41, 5.74) is 12.6. The largest absolute Gasteiger partial charge is 0.496 e. The van der Waals surface area contributed by atoms with Crippen LogP contribution >= 0.6 is 0 Å². The number of likely N-dealkylation sites (tertiary alicyclic amines) is 1. The molecule has 2 aliphatic heterocycles. The number of aromatic nitrogens is 2. The van der Waals surface area contributed by atoms with Crippen molar-refractivity contribution in [3.8, 4) is 11.5 Å². The Balaban J connectivity index is 0.000000214. The number of nitrogen functional groups attached to an aromatic ring is 2. The van der Waals surface area contributed by atoms with Crippen LogP contribution in [0.3, 0.4) is 0 Å². The minimum absolute atomic E-state index is 0.0473. The zero-order chi connectivity index (χ0) is 39.5. The lowest BCUT2D eigenvalue weighted by molar-refractivity contribution is 0.102. The van der Waals surface area contributed by atoms with Gasteiger partial charge in [0.05, 0.1) is 36.5 Å². The maximum atomic E-state index is 13.6. The van der Waals surface area contributed by atoms with Gasteiger partial charge in [-0.25, -0.2) is 23.5 Å². The Bertz CT molecular complexity index is 1990. The number of carbonyl (C=O) groups is 3. The summed E-state index contributed by atoms with van der Waals surface area (Å²) in [6, 6.07) is 14.5. The van der Waals surface area contributed by atoms with Crippen molar-refractivity contribution < 1.29 is 32.6 Å². The third kappa shape index (κ3) is 10.3. The van der Waals surface area contributed by atoms with Crippen LogP contribution in [0.1, 0.15) is 64.4 Å². The Kier molecular flexibility index (Phi) is 13.7. The fourth-order valence-electron chi connectivity index (χ4n) is 6.37. The first-order valence-corrected chi connectivity index (χ1v) is 18.1. The maximum absolute atomic E-state index is 13.6. The zero-order valence-electron chi connectivity index (χ0n) is 31.1. The van der Waals surface area contributed by atoms with Crippen molar-refractivity contribution in [2.75, 3.05) is 69.0 Å². The van der Waals surface area contributed by atoms with Gasteiger partial charge in [0.2, 0.25) is 11.6 Å². The van der Waals surface area contributed by atoms with E-state index in [-0.39, 0.29) is 51.7 Å². The second-order valence-corrected chi connectivity index (χ2v) is 13.0. The van der Waals surface area contributed by atoms with E-state index < -0.39 is 23.2 Å². The molecule has 0 radical (unpaired) electrons. The number of methoxy groups -OCH3 is 2. The molecule has 55 heavy (non-hydrogen) atoms. The van der Waals surface area contributed by atoms with Crippen LogP contribution in [-0.4, -0.2) is 91.5 Å². The topological polar surface area (TPSA) is 199 Å². The number of nitrogens with two attached hydrogens (primary N) is 2. The molecule has 0 saturated carbocycles. The van der Waals surface area contributed by atoms with E-state index in [9.17, 15) is 23.2 Å². The Morgan fingerprint density at radius 2 is 1.18 bits per heavy atom. The predicted octanol–water partition coefficient (Wildman–Crippen LogP) is 4.85. The molecule has 2 saturated heterocycles. The molecule has 2 aliphatic rings. The van der Waals surface area contributed by atoms with Crippen LogP contribution < -0.4 is 42.2 Å². The number of ketones is 2. The summed E-state index contributed by atoms with van der Waals surface area (Å²) >= 11 is 0. The monoisotopic (exact) mass is 759 g/mol. The van der Waals surface area contributed by atoms with Crippen molar-refractivity contribution in [1.29, 1.82) is 0 Å². The van der Waals surface area contributed by atoms with Crippen LogP contribution in [0, 0.1) is 11.6 Å². The van der Waals surface area contributed by atoms with Crippen molar-refractivity contribution in [2.24, 2.45) is 0 Å². The Hall–Kier alpha value is -6.03. The summed E-state index contributed by atoms with van der Waals surface area (Å²) in [4.78, 5) is 47.8. The summed E-state index contributed by atoms with van der Waals surface area (Å²) < 4.78 is 37.4. The van der Waals surface area contributed by atoms with Gasteiger partial charge in [-0.1, -0.05) is 0 Å². The quantitative estimate of drug-likeness (QED) is 0.114. The standard InChI is InChI=1S/C21H26FN5O3.C18H21FN4O2/c1-3-24-21(29)27-10-8-14(9-11-27)25-18-7-5-15(20(23)26-18)19(28)16-12-13(22)4-6-17(16)30-2;1-25-15-4-2-11(19)10-14(15)17(24)13-3-5-16(23-18(13)20)22-12-6-8-21-9-7-12/h4-7,12,14H,3,8-11H2,1-2H3,(H,24,29)(H3,23,25,26);2-5,10,12,21H,6-9H2,1H3,(H3,20,22,23). The Morgan fingerprint density at radius 1 is 0.727 bits per heavy atom. The number of ether oxygens (including phenoxy) is 2. The lowest BCUT2D eigenvalue weighted by Crippen LogP contribution is -2.46. The van der Waals surface area contributed by atoms with Crippen molar-refractivity contribution in [2.45, 2.75) is 44.7 Å². The number of halogens is 2. The number of amides is 2. The van der Waals surface area contributed by atoms with Gasteiger partial charge in [0.25, 0.3) is 0 Å². The van der Waals surface area contributed by atoms with E-state index in [0.29, 0.717) is 43.1 Å². The summed E-state index contributed by atoms with van der Waals surface area (Å²) in [7, 11) is 2.84. The predicted molar refractivity (Wildman–Crippen MR) is 207 cm³/mol. The normalized spacial score (nSPS) is 14.6. The summed E-state index contributed by atoms with van der Waals surface area (Å²) in [6.45, 7) is 5.71. The van der Waals surface area contributed by atoms with E-state index >= 15 is 0 Å². The highest BCUT2D eigenvalue weighted by Crippen LogP contribution is 2.27. The molecule has 2 aromatic heterocycles. The number of benzene rings is 2. The minimum atomic E-state index is -0.539. The van der Waals surface area contributed by atoms with Crippen LogP contribution in [0.4, 0.5) is 36.8 Å². The SMILES string of the molecule is CCNC(=O)N1CCC(Nc2ccc(C(=O)c3cc(F)ccc3OC)c(N)n2)CC1.COc1ccc(F)cc1C(=O)c1ccc(NC2CCNCC2)nc1N. The lowest BCUT2D eigenvalue weighted by atomic mass is 10.0. The molecular formula is C39H47F2N9O5. The number of hydrogen-bond donors (Lipinski definition) is 6. The molecule has 0 spiro atoms. The summed E-state index contributed by atoms with van der Waals surface area (Å²) in [5.74, 6) is -0.0366. The number of nitrogens with zero attached hydrogens (tertiary/aromatic N) is 3. The number of hydrogen-bond acceptors (Lipinski definition) is 12. The molecule has 14 nitrogen and oxygen atoms in total. The number of nitrogens with one attached hydrogen (secondary N) is 4. The average Bonchev–Trinajstić information content (AvgIpc) is 3.18. The van der Waals surface area contributed by atoms with Gasteiger partial charge in [0.1, 0.15) is 46.4 Å². The molecule has 4 aromatic rings. The van der Waals surface area contributed by atoms with Crippen LogP contribution in [0.2, 0.25) is 0 Å². The molecule has 0 bridgehead atoms. The first-order valence-electron chi connectivity index (χ1n) is 18.1. The van der Waals surface area contributed by atoms with Gasteiger partial charge >= 0.3 is 6.03 Å². The van der Waals surface area contributed by atoms with E-state index in [4.69, 9.17) is 20.9 Å². The average molecular weight is 760 g/mol. The van der Waals surface area contributed by atoms with Gasteiger partial charge in [-0.2, -0.15) is 0 Å². The maximum Gasteiger partial charge on any atom is 0.317 e. The molecule has 6 rings (SSSR count). The summed E-state index contributed by atoms with van der Waals surface area (Å²) in [6.07, 6.45) is 3.56. The molecule has 0 unspecified atom stereocenters. The molecule has 4 heterocycles. The molecule has 0 aliphatic carbocycles. The number of piperidine rings is 2. The minimum Gasteiger partial charge on any atom is -0.496 e. The molecule has 2 fully saturated rings. The lowest BCUT2D eigenvalue weighted by Gasteiger charge is -2.32. The van der Waals surface area contributed by atoms with Gasteiger partial charge in [-0.15, -0.1) is 0 Å². The Labute approximate surface area is 318 Å². The van der Waals surface area contributed by atoms with Gasteiger partial charge < -0.3 is 47.1 Å². The number of anilines is 4. The first kappa shape index (κ1) is 40.2. The van der Waals surface area contributed by atoms with Gasteiger partial charge in [0.15, 0.2) is 0 Å². The molecule has 2 amide bonds. The third-order valence-corrected chi connectivity index (χ3v) is 9.30. The second-order valence-electron chi connectivity index (χ2n) is 13.0. The fraction of sp³-hybridized carbons (Fsp3) is 0.359. The Morgan fingerprint density at radius 3 is 1.60 bits per heavy atom. The zero-order valence-corrected chi connectivity index (χ0v) is 31.1. The number of pyridine rings is 2. The second kappa shape index (κ2) is 18.8. The van der Waals surface area contributed by atoms with E-state index in [2.05, 4.69) is 31.2 Å². The van der Waals surface area contributed by atoms with E-state index in [1.807, 2.05) is 6.92 Å². The molecular weight excluding hydrogens is 712 g/mol. The smallest absolute Gasteiger partial charge is 0.317 e. The van der Waals surface area contributed by atoms with Crippen LogP contribution in [0.25, 0.3) is 0 Å². The highest BCUT2D eigenvalue weighted by Gasteiger charge is 2.24. The van der Waals surface area contributed by atoms with E-state index in [1.165, 1.54) is 38.5 Å². The van der Waals surface area contributed by atoms with Crippen LogP contribution in [0.15, 0.2) is 60.7 Å². The molecule has 292 valence electrons. The van der Waals surface area contributed by atoms with Gasteiger partial charge in [0, 0.05) is 31.7 Å². The summed E-state index contributed by atoms with van der Waals surface area (Å²) in [5, 5.41) is 12.7.